The molecule has 0 unspecified atom stereocenters. The van der Waals surface area contributed by atoms with Crippen LogP contribution >= 0.6 is 22.6 Å². The van der Waals surface area contributed by atoms with E-state index in [2.05, 4.69) is 33.4 Å². The van der Waals surface area contributed by atoms with Gasteiger partial charge in [-0.2, -0.15) is 0 Å². The van der Waals surface area contributed by atoms with E-state index >= 15 is 0 Å². The molecule has 0 radical (unpaired) electrons. The summed E-state index contributed by atoms with van der Waals surface area (Å²) in [4.78, 5) is 24.5. The van der Waals surface area contributed by atoms with Gasteiger partial charge in [0.2, 0.25) is 0 Å². The molecular formula is C18H19IN2O3. The van der Waals surface area contributed by atoms with Gasteiger partial charge >= 0.3 is 0 Å². The molecule has 2 amide bonds. The molecule has 0 atom stereocenters. The first-order valence-corrected chi connectivity index (χ1v) is 8.64. The molecule has 0 aliphatic rings. The lowest BCUT2D eigenvalue weighted by Gasteiger charge is -2.13. The monoisotopic (exact) mass is 438 g/mol. The van der Waals surface area contributed by atoms with Crippen molar-refractivity contribution in [2.45, 2.75) is 13.8 Å². The van der Waals surface area contributed by atoms with Gasteiger partial charge in [-0.3, -0.25) is 20.4 Å². The minimum Gasteiger partial charge on any atom is -0.492 e. The second-order valence-corrected chi connectivity index (χ2v) is 6.75. The van der Waals surface area contributed by atoms with Crippen LogP contribution in [0.5, 0.6) is 5.75 Å². The van der Waals surface area contributed by atoms with Gasteiger partial charge in [0, 0.05) is 3.57 Å². The standard InChI is InChI=1S/C18H19IN2O3/c1-12(2)11-24-16-10-6-4-8-14(16)18(23)21-20-17(22)13-7-3-5-9-15(13)19/h3-10,12H,11H2,1-2H3,(H,20,22)(H,21,23). The fourth-order valence-corrected chi connectivity index (χ4v) is 2.56. The number of carbonyl (C=O) groups excluding carboxylic acids is 2. The van der Waals surface area contributed by atoms with Crippen molar-refractivity contribution in [3.8, 4) is 5.75 Å². The van der Waals surface area contributed by atoms with E-state index in [4.69, 9.17) is 4.74 Å². The molecule has 0 fully saturated rings. The van der Waals surface area contributed by atoms with Gasteiger partial charge in [0.1, 0.15) is 5.75 Å². The van der Waals surface area contributed by atoms with Crippen LogP contribution in [0, 0.1) is 9.49 Å². The molecule has 126 valence electrons. The third-order valence-electron chi connectivity index (χ3n) is 3.11. The zero-order chi connectivity index (χ0) is 17.5. The Labute approximate surface area is 154 Å². The first kappa shape index (κ1) is 18.3. The molecule has 0 spiro atoms. The number of amides is 2. The van der Waals surface area contributed by atoms with Gasteiger partial charge in [-0.15, -0.1) is 0 Å². The quantitative estimate of drug-likeness (QED) is 0.556. The Morgan fingerprint density at radius 1 is 0.958 bits per heavy atom. The Hall–Kier alpha value is -2.09. The maximum atomic E-state index is 12.3. The van der Waals surface area contributed by atoms with Gasteiger partial charge in [-0.05, 0) is 52.8 Å². The van der Waals surface area contributed by atoms with E-state index in [9.17, 15) is 9.59 Å². The van der Waals surface area contributed by atoms with E-state index in [1.807, 2.05) is 26.0 Å². The minimum atomic E-state index is -0.423. The summed E-state index contributed by atoms with van der Waals surface area (Å²) in [6.07, 6.45) is 0. The maximum Gasteiger partial charge on any atom is 0.273 e. The zero-order valence-electron chi connectivity index (χ0n) is 13.5. The number of ether oxygens (including phenoxy) is 1. The largest absolute Gasteiger partial charge is 0.492 e. The maximum absolute atomic E-state index is 12.3. The number of hydrogen-bond acceptors (Lipinski definition) is 3. The number of para-hydroxylation sites is 1. The third-order valence-corrected chi connectivity index (χ3v) is 4.05. The third kappa shape index (κ3) is 4.95. The van der Waals surface area contributed by atoms with Crippen LogP contribution in [0.3, 0.4) is 0 Å². The van der Waals surface area contributed by atoms with Crippen molar-refractivity contribution in [3.63, 3.8) is 0 Å². The number of halogens is 1. The molecule has 0 aliphatic heterocycles. The molecule has 0 bridgehead atoms. The highest BCUT2D eigenvalue weighted by molar-refractivity contribution is 14.1. The lowest BCUT2D eigenvalue weighted by Crippen LogP contribution is -2.42. The van der Waals surface area contributed by atoms with Crippen molar-refractivity contribution in [2.75, 3.05) is 6.61 Å². The molecule has 6 heteroatoms. The summed E-state index contributed by atoms with van der Waals surface area (Å²) in [5.41, 5.74) is 5.74. The van der Waals surface area contributed by atoms with E-state index in [1.54, 1.807) is 36.4 Å². The summed E-state index contributed by atoms with van der Waals surface area (Å²) >= 11 is 2.07. The molecule has 24 heavy (non-hydrogen) atoms. The second kappa shape index (κ2) is 8.68. The predicted molar refractivity (Wildman–Crippen MR) is 101 cm³/mol. The number of rotatable bonds is 5. The van der Waals surface area contributed by atoms with Crippen molar-refractivity contribution in [3.05, 3.63) is 63.2 Å². The average molecular weight is 438 g/mol. The van der Waals surface area contributed by atoms with Crippen LogP contribution in [0.2, 0.25) is 0 Å². The Bertz CT molecular complexity index is 732. The topological polar surface area (TPSA) is 67.4 Å². The highest BCUT2D eigenvalue weighted by Crippen LogP contribution is 2.18. The van der Waals surface area contributed by atoms with Crippen LogP contribution in [0.1, 0.15) is 34.6 Å². The van der Waals surface area contributed by atoms with E-state index in [0.29, 0.717) is 29.4 Å². The van der Waals surface area contributed by atoms with Gasteiger partial charge < -0.3 is 4.74 Å². The summed E-state index contributed by atoms with van der Waals surface area (Å²) in [5.74, 6) is 0.0517. The summed E-state index contributed by atoms with van der Waals surface area (Å²) in [5, 5.41) is 0. The Kier molecular flexibility index (Phi) is 6.60. The first-order chi connectivity index (χ1) is 11.5. The predicted octanol–water partition coefficient (Wildman–Crippen LogP) is 3.40. The van der Waals surface area contributed by atoms with Crippen molar-refractivity contribution in [2.24, 2.45) is 5.92 Å². The Morgan fingerprint density at radius 2 is 1.50 bits per heavy atom. The van der Waals surface area contributed by atoms with Crippen molar-refractivity contribution in [1.29, 1.82) is 0 Å². The number of benzene rings is 2. The lowest BCUT2D eigenvalue weighted by molar-refractivity contribution is 0.0843. The fourth-order valence-electron chi connectivity index (χ4n) is 1.93. The van der Waals surface area contributed by atoms with Gasteiger partial charge in [-0.1, -0.05) is 38.1 Å². The minimum absolute atomic E-state index is 0.348. The Balaban J connectivity index is 2.03. The van der Waals surface area contributed by atoms with E-state index < -0.39 is 5.91 Å². The van der Waals surface area contributed by atoms with Crippen LogP contribution < -0.4 is 15.6 Å². The second-order valence-electron chi connectivity index (χ2n) is 5.59. The fraction of sp³-hybridized carbons (Fsp3) is 0.222. The molecule has 5 nitrogen and oxygen atoms in total. The highest BCUT2D eigenvalue weighted by Gasteiger charge is 2.15. The smallest absolute Gasteiger partial charge is 0.273 e. The molecule has 0 aromatic heterocycles. The van der Waals surface area contributed by atoms with Gasteiger partial charge in [0.15, 0.2) is 0 Å². The van der Waals surface area contributed by atoms with Crippen LogP contribution in [-0.2, 0) is 0 Å². The molecular weight excluding hydrogens is 419 g/mol. The average Bonchev–Trinajstić information content (AvgIpc) is 2.58. The lowest BCUT2D eigenvalue weighted by atomic mass is 10.2. The summed E-state index contributed by atoms with van der Waals surface area (Å²) < 4.78 is 6.46. The van der Waals surface area contributed by atoms with Gasteiger partial charge in [-0.25, -0.2) is 0 Å². The zero-order valence-corrected chi connectivity index (χ0v) is 15.7. The van der Waals surface area contributed by atoms with E-state index in [-0.39, 0.29) is 5.91 Å². The number of nitrogens with one attached hydrogen (secondary N) is 2. The van der Waals surface area contributed by atoms with Crippen molar-refractivity contribution >= 4 is 34.4 Å². The van der Waals surface area contributed by atoms with Crippen LogP contribution in [0.15, 0.2) is 48.5 Å². The normalized spacial score (nSPS) is 10.3. The molecule has 0 heterocycles. The van der Waals surface area contributed by atoms with Crippen LogP contribution in [0.25, 0.3) is 0 Å². The van der Waals surface area contributed by atoms with E-state index in [0.717, 1.165) is 3.57 Å². The molecule has 0 saturated heterocycles. The van der Waals surface area contributed by atoms with Crippen LogP contribution in [-0.4, -0.2) is 18.4 Å². The number of hydrogen-bond donors (Lipinski definition) is 2. The SMILES string of the molecule is CC(C)COc1ccccc1C(=O)NNC(=O)c1ccccc1I. The van der Waals surface area contributed by atoms with Crippen LogP contribution in [0.4, 0.5) is 0 Å². The molecule has 2 aromatic carbocycles. The highest BCUT2D eigenvalue weighted by atomic mass is 127. The molecule has 0 aliphatic carbocycles. The van der Waals surface area contributed by atoms with Gasteiger partial charge in [0.25, 0.3) is 11.8 Å². The van der Waals surface area contributed by atoms with Crippen molar-refractivity contribution in [1.82, 2.24) is 10.9 Å². The summed E-state index contributed by atoms with van der Waals surface area (Å²) in [6, 6.07) is 14.1. The Morgan fingerprint density at radius 3 is 2.12 bits per heavy atom. The molecule has 2 N–H and O–H groups in total. The molecule has 0 saturated carbocycles. The number of carbonyl (C=O) groups is 2. The van der Waals surface area contributed by atoms with E-state index in [1.165, 1.54) is 0 Å². The summed E-state index contributed by atoms with van der Waals surface area (Å²) in [6.45, 7) is 4.58. The van der Waals surface area contributed by atoms with Crippen molar-refractivity contribution < 1.29 is 14.3 Å². The first-order valence-electron chi connectivity index (χ1n) is 7.56. The summed E-state index contributed by atoms with van der Waals surface area (Å²) in [7, 11) is 0. The molecule has 2 aromatic rings. The van der Waals surface area contributed by atoms with Gasteiger partial charge in [0.05, 0.1) is 17.7 Å². The molecule has 2 rings (SSSR count). The number of hydrazine groups is 1.